The molecule has 17 heavy (non-hydrogen) atoms. The molecule has 0 spiro atoms. The van der Waals surface area contributed by atoms with Gasteiger partial charge in [0.15, 0.2) is 0 Å². The molecule has 0 saturated heterocycles. The lowest BCUT2D eigenvalue weighted by Gasteiger charge is -2.27. The molecule has 0 bridgehead atoms. The summed E-state index contributed by atoms with van der Waals surface area (Å²) in [5.74, 6) is 0.928. The first kappa shape index (κ1) is 10.4. The second kappa shape index (κ2) is 3.93. The molecule has 0 amide bonds. The lowest BCUT2D eigenvalue weighted by Crippen LogP contribution is -3.04. The van der Waals surface area contributed by atoms with Crippen molar-refractivity contribution in [2.45, 2.75) is 6.42 Å². The van der Waals surface area contributed by atoms with E-state index in [1.807, 2.05) is 6.07 Å². The van der Waals surface area contributed by atoms with E-state index < -0.39 is 0 Å². The molecule has 0 saturated carbocycles. The summed E-state index contributed by atoms with van der Waals surface area (Å²) >= 11 is 0. The van der Waals surface area contributed by atoms with Gasteiger partial charge < -0.3 is 15.0 Å². The molecule has 0 aliphatic carbocycles. The van der Waals surface area contributed by atoms with Crippen LogP contribution in [-0.4, -0.2) is 20.7 Å². The molecule has 3 heteroatoms. The fourth-order valence-electron chi connectivity index (χ4n) is 2.39. The van der Waals surface area contributed by atoms with Crippen LogP contribution < -0.4 is 15.0 Å². The summed E-state index contributed by atoms with van der Waals surface area (Å²) in [6.07, 6.45) is 5.57. The summed E-state index contributed by atoms with van der Waals surface area (Å²) in [5.41, 5.74) is 5.17. The highest BCUT2D eigenvalue weighted by Gasteiger charge is 2.22. The molecule has 2 aliphatic rings. The van der Waals surface area contributed by atoms with Crippen LogP contribution >= 0.6 is 0 Å². The molecular weight excluding hydrogens is 212 g/mol. The van der Waals surface area contributed by atoms with Crippen LogP contribution in [0.4, 0.5) is 5.69 Å². The van der Waals surface area contributed by atoms with Crippen LogP contribution in [0.5, 0.6) is 5.75 Å². The van der Waals surface area contributed by atoms with Crippen molar-refractivity contribution in [2.75, 3.05) is 26.0 Å². The smallest absolute Gasteiger partial charge is 0.119 e. The summed E-state index contributed by atoms with van der Waals surface area (Å²) in [7, 11) is 3.88. The van der Waals surface area contributed by atoms with Crippen LogP contribution in [-0.2, 0) is 6.42 Å². The van der Waals surface area contributed by atoms with Crippen molar-refractivity contribution in [2.24, 2.45) is 0 Å². The van der Waals surface area contributed by atoms with E-state index in [1.165, 1.54) is 27.4 Å². The average molecular weight is 229 g/mol. The Hall–Kier alpha value is -1.74. The molecule has 0 radical (unpaired) electrons. The Kier molecular flexibility index (Phi) is 2.41. The zero-order valence-electron chi connectivity index (χ0n) is 10.2. The van der Waals surface area contributed by atoms with Gasteiger partial charge >= 0.3 is 0 Å². The fraction of sp³-hybridized carbons (Fsp3) is 0.286. The van der Waals surface area contributed by atoms with Crippen LogP contribution in [0.2, 0.25) is 0 Å². The molecule has 0 aromatic heterocycles. The van der Waals surface area contributed by atoms with Gasteiger partial charge in [-0.05, 0) is 35.4 Å². The van der Waals surface area contributed by atoms with E-state index in [0.717, 1.165) is 18.7 Å². The highest BCUT2D eigenvalue weighted by atomic mass is 16.5. The number of likely N-dealkylation sites (N-methyl/N-ethyl adjacent to an activating group) is 1. The summed E-state index contributed by atoms with van der Waals surface area (Å²) in [4.78, 5) is 1.41. The maximum Gasteiger partial charge on any atom is 0.119 e. The molecule has 88 valence electrons. The summed E-state index contributed by atoms with van der Waals surface area (Å²) < 4.78 is 5.27. The van der Waals surface area contributed by atoms with Crippen molar-refractivity contribution in [3.05, 3.63) is 47.3 Å². The maximum atomic E-state index is 5.27. The number of hydrogen-bond donors (Lipinski definition) is 2. The Bertz CT molecular complexity index is 517. The monoisotopic (exact) mass is 229 g/mol. The topological polar surface area (TPSA) is 25.7 Å². The van der Waals surface area contributed by atoms with Crippen LogP contribution in [0.25, 0.3) is 0 Å². The van der Waals surface area contributed by atoms with Gasteiger partial charge in [-0.15, -0.1) is 0 Å². The molecule has 2 N–H and O–H groups in total. The van der Waals surface area contributed by atoms with Gasteiger partial charge in [0.05, 0.1) is 19.9 Å². The number of rotatable bonds is 1. The van der Waals surface area contributed by atoms with Crippen LogP contribution in [0.3, 0.4) is 0 Å². The first-order valence-electron chi connectivity index (χ1n) is 5.94. The molecule has 0 fully saturated rings. The van der Waals surface area contributed by atoms with E-state index in [-0.39, 0.29) is 0 Å². The van der Waals surface area contributed by atoms with E-state index in [4.69, 9.17) is 4.74 Å². The number of benzene rings is 1. The normalized spacial score (nSPS) is 21.6. The van der Waals surface area contributed by atoms with Crippen molar-refractivity contribution >= 4 is 5.69 Å². The van der Waals surface area contributed by atoms with Crippen molar-refractivity contribution in [1.82, 2.24) is 0 Å². The SMILES string of the molecule is COc1ccc2c(c1)CC1=CC[NH+](C)C=C1N2. The third-order valence-corrected chi connectivity index (χ3v) is 3.37. The quantitative estimate of drug-likeness (QED) is 0.750. The van der Waals surface area contributed by atoms with Crippen LogP contribution in [0.15, 0.2) is 41.7 Å². The molecule has 3 nitrogen and oxygen atoms in total. The largest absolute Gasteiger partial charge is 0.497 e. The van der Waals surface area contributed by atoms with E-state index in [2.05, 4.69) is 36.8 Å². The summed E-state index contributed by atoms with van der Waals surface area (Å²) in [6.45, 7) is 1.07. The standard InChI is InChI=1S/C14H16N2O/c1-16-6-5-10-7-11-8-12(17-2)3-4-13(11)15-14(10)9-16/h3-5,8-9,15H,6-7H2,1-2H3/p+1. The molecule has 1 atom stereocenters. The number of hydrogen-bond acceptors (Lipinski definition) is 2. The molecular formula is C14H17N2O+. The molecule has 3 rings (SSSR count). The van der Waals surface area contributed by atoms with Gasteiger partial charge in [0.25, 0.3) is 0 Å². The van der Waals surface area contributed by atoms with Gasteiger partial charge in [-0.2, -0.15) is 0 Å². The summed E-state index contributed by atoms with van der Waals surface area (Å²) in [6, 6.07) is 6.21. The zero-order valence-corrected chi connectivity index (χ0v) is 10.2. The molecule has 1 unspecified atom stereocenters. The number of fused-ring (bicyclic) bond motifs is 2. The Labute approximate surface area is 101 Å². The van der Waals surface area contributed by atoms with E-state index >= 15 is 0 Å². The number of anilines is 1. The number of methoxy groups -OCH3 is 1. The van der Waals surface area contributed by atoms with Crippen molar-refractivity contribution < 1.29 is 9.64 Å². The molecule has 1 aromatic carbocycles. The molecule has 1 aromatic rings. The minimum atomic E-state index is 0.928. The fourth-order valence-corrected chi connectivity index (χ4v) is 2.39. The van der Waals surface area contributed by atoms with Crippen molar-refractivity contribution in [1.29, 1.82) is 0 Å². The van der Waals surface area contributed by atoms with E-state index in [1.54, 1.807) is 7.11 Å². The van der Waals surface area contributed by atoms with Gasteiger partial charge in [0, 0.05) is 12.1 Å². The van der Waals surface area contributed by atoms with Gasteiger partial charge in [-0.3, -0.25) is 0 Å². The van der Waals surface area contributed by atoms with Gasteiger partial charge in [0.1, 0.15) is 18.5 Å². The number of ether oxygens (including phenoxy) is 1. The predicted molar refractivity (Wildman–Crippen MR) is 68.2 cm³/mol. The minimum absolute atomic E-state index is 0.928. The lowest BCUT2D eigenvalue weighted by molar-refractivity contribution is -0.819. The van der Waals surface area contributed by atoms with Gasteiger partial charge in [0.2, 0.25) is 0 Å². The second-order valence-electron chi connectivity index (χ2n) is 4.66. The van der Waals surface area contributed by atoms with Crippen molar-refractivity contribution in [3.8, 4) is 5.75 Å². The second-order valence-corrected chi connectivity index (χ2v) is 4.66. The number of nitrogens with one attached hydrogen (secondary N) is 2. The van der Waals surface area contributed by atoms with Crippen molar-refractivity contribution in [3.63, 3.8) is 0 Å². The predicted octanol–water partition coefficient (Wildman–Crippen LogP) is 0.959. The molecule has 2 heterocycles. The van der Waals surface area contributed by atoms with Gasteiger partial charge in [-0.1, -0.05) is 0 Å². The Morgan fingerprint density at radius 1 is 1.35 bits per heavy atom. The zero-order chi connectivity index (χ0) is 11.8. The molecule has 2 aliphatic heterocycles. The third kappa shape index (κ3) is 1.83. The van der Waals surface area contributed by atoms with E-state index in [0.29, 0.717) is 0 Å². The Morgan fingerprint density at radius 2 is 2.24 bits per heavy atom. The minimum Gasteiger partial charge on any atom is -0.497 e. The highest BCUT2D eigenvalue weighted by Crippen LogP contribution is 2.32. The van der Waals surface area contributed by atoms with Crippen LogP contribution in [0.1, 0.15) is 5.56 Å². The Balaban J connectivity index is 2.00. The summed E-state index contributed by atoms with van der Waals surface area (Å²) in [5, 5.41) is 3.50. The highest BCUT2D eigenvalue weighted by molar-refractivity contribution is 5.65. The third-order valence-electron chi connectivity index (χ3n) is 3.37. The number of quaternary nitrogens is 1. The van der Waals surface area contributed by atoms with E-state index in [9.17, 15) is 0 Å². The number of allylic oxidation sites excluding steroid dienone is 1. The lowest BCUT2D eigenvalue weighted by atomic mass is 9.94. The first-order valence-corrected chi connectivity index (χ1v) is 5.94. The van der Waals surface area contributed by atoms with Gasteiger partial charge in [-0.25, -0.2) is 0 Å². The van der Waals surface area contributed by atoms with Crippen LogP contribution in [0, 0.1) is 0 Å². The first-order chi connectivity index (χ1) is 8.26. The average Bonchev–Trinajstić information content (AvgIpc) is 2.35. The Morgan fingerprint density at radius 3 is 3.06 bits per heavy atom. The maximum absolute atomic E-state index is 5.27.